The number of esters is 3. The van der Waals surface area contributed by atoms with Crippen molar-refractivity contribution < 1.29 is 38.8 Å². The first-order chi connectivity index (χ1) is 13.7. The van der Waals surface area contributed by atoms with Crippen molar-refractivity contribution in [3.8, 4) is 0 Å². The largest absolute Gasteiger partial charge is 0.457 e. The lowest BCUT2D eigenvalue weighted by molar-refractivity contribution is -0.171. The molecule has 1 heterocycles. The van der Waals surface area contributed by atoms with Gasteiger partial charge in [-0.1, -0.05) is 26.5 Å². The molecule has 0 unspecified atom stereocenters. The molecule has 4 atom stereocenters. The maximum Gasteiger partial charge on any atom is 0.334 e. The molecule has 1 saturated heterocycles. The number of allylic oxidation sites excluding steroid dienone is 1. The molecule has 1 fully saturated rings. The highest BCUT2D eigenvalue weighted by atomic mass is 16.6. The van der Waals surface area contributed by atoms with Gasteiger partial charge in [0.05, 0.1) is 25.0 Å². The first-order valence-corrected chi connectivity index (χ1v) is 9.57. The third kappa shape index (κ3) is 5.33. The van der Waals surface area contributed by atoms with Crippen LogP contribution in [0.5, 0.6) is 0 Å². The van der Waals surface area contributed by atoms with Crippen LogP contribution in [0.4, 0.5) is 0 Å². The summed E-state index contributed by atoms with van der Waals surface area (Å²) in [6.45, 7) is 7.62. The van der Waals surface area contributed by atoms with Gasteiger partial charge in [-0.25, -0.2) is 4.79 Å². The predicted molar refractivity (Wildman–Crippen MR) is 102 cm³/mol. The first kappa shape index (κ1) is 22.8. The van der Waals surface area contributed by atoms with Crippen molar-refractivity contribution in [2.24, 2.45) is 11.8 Å². The summed E-state index contributed by atoms with van der Waals surface area (Å²) in [4.78, 5) is 36.5. The van der Waals surface area contributed by atoms with Crippen molar-refractivity contribution in [1.29, 1.82) is 0 Å². The molecule has 8 heteroatoms. The molecule has 0 amide bonds. The van der Waals surface area contributed by atoms with E-state index in [-0.39, 0.29) is 12.2 Å². The van der Waals surface area contributed by atoms with Crippen LogP contribution in [0.25, 0.3) is 0 Å². The second-order valence-electron chi connectivity index (χ2n) is 7.47. The number of hydrogen-bond acceptors (Lipinski definition) is 8. The molecule has 0 aromatic heterocycles. The van der Waals surface area contributed by atoms with Crippen LogP contribution in [-0.4, -0.2) is 59.6 Å². The van der Waals surface area contributed by atoms with Crippen molar-refractivity contribution in [2.45, 2.75) is 51.9 Å². The fourth-order valence-electron chi connectivity index (χ4n) is 3.42. The Bertz CT molecular complexity index is 733. The molecule has 29 heavy (non-hydrogen) atoms. The Hall–Kier alpha value is -2.45. The van der Waals surface area contributed by atoms with Crippen LogP contribution in [0, 0.1) is 11.8 Å². The Morgan fingerprint density at radius 2 is 1.97 bits per heavy atom. The lowest BCUT2D eigenvalue weighted by Gasteiger charge is -2.34. The van der Waals surface area contributed by atoms with E-state index in [1.165, 1.54) is 6.92 Å². The Kier molecular flexibility index (Phi) is 7.75. The molecule has 0 aromatic carbocycles. The number of carbonyl (C=O) groups is 3. The van der Waals surface area contributed by atoms with Crippen molar-refractivity contribution in [3.05, 3.63) is 35.5 Å². The predicted octanol–water partition coefficient (Wildman–Crippen LogP) is 1.21. The van der Waals surface area contributed by atoms with Crippen LogP contribution in [0.2, 0.25) is 0 Å². The molecule has 2 rings (SSSR count). The lowest BCUT2D eigenvalue weighted by atomic mass is 9.83. The van der Waals surface area contributed by atoms with E-state index < -0.39 is 54.7 Å². The van der Waals surface area contributed by atoms with Crippen LogP contribution >= 0.6 is 0 Å². The summed E-state index contributed by atoms with van der Waals surface area (Å²) in [5.74, 6) is -3.16. The molecule has 0 radical (unpaired) electrons. The Morgan fingerprint density at radius 1 is 1.28 bits per heavy atom. The van der Waals surface area contributed by atoms with E-state index in [0.717, 1.165) is 0 Å². The van der Waals surface area contributed by atoms with Gasteiger partial charge in [0.15, 0.2) is 12.2 Å². The van der Waals surface area contributed by atoms with Gasteiger partial charge in [0.25, 0.3) is 0 Å². The zero-order valence-corrected chi connectivity index (χ0v) is 16.9. The average molecular weight is 408 g/mol. The average Bonchev–Trinajstić information content (AvgIpc) is 2.93. The van der Waals surface area contributed by atoms with Crippen LogP contribution in [0.1, 0.15) is 33.6 Å². The van der Waals surface area contributed by atoms with E-state index in [1.54, 1.807) is 26.0 Å². The number of rotatable bonds is 5. The van der Waals surface area contributed by atoms with E-state index in [4.69, 9.17) is 14.2 Å². The van der Waals surface area contributed by atoms with Gasteiger partial charge < -0.3 is 24.4 Å². The van der Waals surface area contributed by atoms with Crippen molar-refractivity contribution in [2.75, 3.05) is 13.2 Å². The summed E-state index contributed by atoms with van der Waals surface area (Å²) in [5.41, 5.74) is 1.04. The minimum Gasteiger partial charge on any atom is -0.457 e. The van der Waals surface area contributed by atoms with E-state index in [1.807, 2.05) is 0 Å². The summed E-state index contributed by atoms with van der Waals surface area (Å²) in [6.07, 6.45) is 1.12. The molecular formula is C21H28O8. The van der Waals surface area contributed by atoms with Gasteiger partial charge >= 0.3 is 17.9 Å². The summed E-state index contributed by atoms with van der Waals surface area (Å²) in [6, 6.07) is 0. The molecule has 1 aliphatic heterocycles. The summed E-state index contributed by atoms with van der Waals surface area (Å²) in [7, 11) is 0. The number of ether oxygens (including phenoxy) is 3. The van der Waals surface area contributed by atoms with Gasteiger partial charge in [-0.3, -0.25) is 9.59 Å². The topological polar surface area (TPSA) is 119 Å². The number of fused-ring (bicyclic) bond motifs is 1. The van der Waals surface area contributed by atoms with E-state index in [0.29, 0.717) is 24.0 Å². The fourth-order valence-corrected chi connectivity index (χ4v) is 3.42. The number of aliphatic hydroxyl groups is 2. The minimum atomic E-state index is -1.13. The summed E-state index contributed by atoms with van der Waals surface area (Å²) in [5, 5.41) is 19.6. The lowest BCUT2D eigenvalue weighted by Crippen LogP contribution is -2.46. The summed E-state index contributed by atoms with van der Waals surface area (Å²) < 4.78 is 16.5. The Balaban J connectivity index is 2.62. The van der Waals surface area contributed by atoms with E-state index in [9.17, 15) is 24.6 Å². The highest BCUT2D eigenvalue weighted by molar-refractivity contribution is 5.91. The quantitative estimate of drug-likeness (QED) is 0.302. The van der Waals surface area contributed by atoms with Crippen LogP contribution in [-0.2, 0) is 28.6 Å². The molecule has 0 aromatic rings. The Labute approximate surface area is 169 Å². The molecule has 160 valence electrons. The summed E-state index contributed by atoms with van der Waals surface area (Å²) >= 11 is 0. The molecule has 0 spiro atoms. The Morgan fingerprint density at radius 3 is 2.52 bits per heavy atom. The molecule has 0 saturated carbocycles. The van der Waals surface area contributed by atoms with Gasteiger partial charge in [0.2, 0.25) is 0 Å². The fraction of sp³-hybridized carbons (Fsp3) is 0.571. The molecule has 1 aliphatic carbocycles. The van der Waals surface area contributed by atoms with Gasteiger partial charge in [0, 0.05) is 12.5 Å². The van der Waals surface area contributed by atoms with Crippen molar-refractivity contribution in [3.63, 3.8) is 0 Å². The monoisotopic (exact) mass is 408 g/mol. The third-order valence-corrected chi connectivity index (χ3v) is 4.95. The van der Waals surface area contributed by atoms with Gasteiger partial charge in [0.1, 0.15) is 6.10 Å². The van der Waals surface area contributed by atoms with Crippen molar-refractivity contribution in [1.82, 2.24) is 0 Å². The second-order valence-corrected chi connectivity index (χ2v) is 7.47. The highest BCUT2D eigenvalue weighted by Crippen LogP contribution is 2.37. The number of carbonyl (C=O) groups excluding carboxylic acids is 3. The van der Waals surface area contributed by atoms with E-state index in [2.05, 4.69) is 6.58 Å². The highest BCUT2D eigenvalue weighted by Gasteiger charge is 2.49. The van der Waals surface area contributed by atoms with E-state index >= 15 is 0 Å². The SMILES string of the molecule is C=C1C(=O)O[C@@H]2/C=C(\CO)CC/C=C(/CO)[C@H](OC(C)=O)[C@@H](OC(=O)C(C)C)[C@@H]12. The molecule has 8 nitrogen and oxygen atoms in total. The standard InChI is InChI=1S/C21H28O8/c1-11(2)20(25)29-19-17-12(3)21(26)28-16(17)8-14(9-22)6-5-7-15(10-23)18(19)27-13(4)24/h7-8,11,16-19,22-23H,3,5-6,9-10H2,1-2,4H3/b14-8-,15-7-/t16-,17+,18+,19+/m1/s1. The number of aliphatic hydroxyl groups excluding tert-OH is 2. The smallest absolute Gasteiger partial charge is 0.334 e. The van der Waals surface area contributed by atoms with Crippen LogP contribution in [0.3, 0.4) is 0 Å². The van der Waals surface area contributed by atoms with Gasteiger partial charge in [-0.05, 0) is 30.1 Å². The van der Waals surface area contributed by atoms with Crippen LogP contribution in [0.15, 0.2) is 35.5 Å². The second kappa shape index (κ2) is 9.84. The minimum absolute atomic E-state index is 0.0695. The van der Waals surface area contributed by atoms with Gasteiger partial charge in [-0.15, -0.1) is 0 Å². The molecule has 2 aliphatic rings. The maximum atomic E-state index is 12.4. The number of hydrogen-bond donors (Lipinski definition) is 2. The zero-order chi connectivity index (χ0) is 21.7. The first-order valence-electron chi connectivity index (χ1n) is 9.57. The van der Waals surface area contributed by atoms with Crippen LogP contribution < -0.4 is 0 Å². The van der Waals surface area contributed by atoms with Gasteiger partial charge in [-0.2, -0.15) is 0 Å². The van der Waals surface area contributed by atoms with Crippen molar-refractivity contribution >= 4 is 17.9 Å². The molecule has 2 N–H and O–H groups in total. The molecular weight excluding hydrogens is 380 g/mol. The third-order valence-electron chi connectivity index (χ3n) is 4.95. The maximum absolute atomic E-state index is 12.4. The molecule has 0 bridgehead atoms. The zero-order valence-electron chi connectivity index (χ0n) is 16.9. The normalized spacial score (nSPS) is 31.1.